The molecule has 100 valence electrons. The number of rotatable bonds is 6. The molecule has 0 aliphatic rings. The van der Waals surface area contributed by atoms with Crippen LogP contribution in [0.15, 0.2) is 48.5 Å². The van der Waals surface area contributed by atoms with Crippen LogP contribution >= 0.6 is 0 Å². The third kappa shape index (κ3) is 4.07. The minimum Gasteiger partial charge on any atom is -0.486 e. The molecule has 2 aromatic rings. The number of halogens is 1. The van der Waals surface area contributed by atoms with Crippen LogP contribution in [0.1, 0.15) is 17.5 Å². The van der Waals surface area contributed by atoms with E-state index in [1.54, 1.807) is 6.07 Å². The van der Waals surface area contributed by atoms with E-state index in [4.69, 9.17) is 9.84 Å². The monoisotopic (exact) mass is 260 g/mol. The quantitative estimate of drug-likeness (QED) is 0.863. The molecule has 0 bridgehead atoms. The topological polar surface area (TPSA) is 29.5 Å². The van der Waals surface area contributed by atoms with Gasteiger partial charge >= 0.3 is 0 Å². The molecular weight excluding hydrogens is 243 g/mol. The standard InChI is InChI=1S/C16H17FO2/c17-15-11-13(7-4-10-18)8-9-16(15)19-12-14-5-2-1-3-6-14/h1-3,5-6,8-9,11,18H,4,7,10,12H2. The predicted octanol–water partition coefficient (Wildman–Crippen LogP) is 3.33. The van der Waals surface area contributed by atoms with Gasteiger partial charge < -0.3 is 9.84 Å². The maximum atomic E-state index is 13.8. The van der Waals surface area contributed by atoms with E-state index >= 15 is 0 Å². The summed E-state index contributed by atoms with van der Waals surface area (Å²) >= 11 is 0. The molecule has 0 radical (unpaired) electrons. The first-order valence-corrected chi connectivity index (χ1v) is 6.35. The van der Waals surface area contributed by atoms with Crippen molar-refractivity contribution in [2.45, 2.75) is 19.4 Å². The highest BCUT2D eigenvalue weighted by Gasteiger charge is 2.05. The molecule has 0 aromatic heterocycles. The summed E-state index contributed by atoms with van der Waals surface area (Å²) in [5.74, 6) is -0.0945. The molecule has 0 unspecified atom stereocenters. The van der Waals surface area contributed by atoms with Gasteiger partial charge in [0.1, 0.15) is 6.61 Å². The molecule has 0 spiro atoms. The van der Waals surface area contributed by atoms with E-state index in [0.717, 1.165) is 11.1 Å². The lowest BCUT2D eigenvalue weighted by Crippen LogP contribution is -1.98. The lowest BCUT2D eigenvalue weighted by atomic mass is 10.1. The van der Waals surface area contributed by atoms with Crippen molar-refractivity contribution in [2.75, 3.05) is 6.61 Å². The van der Waals surface area contributed by atoms with E-state index in [-0.39, 0.29) is 18.2 Å². The molecule has 2 nitrogen and oxygen atoms in total. The molecule has 0 fully saturated rings. The van der Waals surface area contributed by atoms with Crippen LogP contribution < -0.4 is 4.74 Å². The number of aliphatic hydroxyl groups is 1. The minimum absolute atomic E-state index is 0.119. The lowest BCUT2D eigenvalue weighted by Gasteiger charge is -2.08. The molecule has 3 heteroatoms. The predicted molar refractivity (Wildman–Crippen MR) is 72.6 cm³/mol. The number of hydrogen-bond donors (Lipinski definition) is 1. The van der Waals surface area contributed by atoms with Crippen molar-refractivity contribution in [3.8, 4) is 5.75 Å². The van der Waals surface area contributed by atoms with Gasteiger partial charge in [-0.25, -0.2) is 4.39 Å². The fourth-order valence-electron chi connectivity index (χ4n) is 1.84. The maximum Gasteiger partial charge on any atom is 0.165 e. The number of aliphatic hydroxyl groups excluding tert-OH is 1. The van der Waals surface area contributed by atoms with Crippen molar-refractivity contribution >= 4 is 0 Å². The van der Waals surface area contributed by atoms with E-state index in [0.29, 0.717) is 19.4 Å². The van der Waals surface area contributed by atoms with Gasteiger partial charge in [0.2, 0.25) is 0 Å². The fourth-order valence-corrected chi connectivity index (χ4v) is 1.84. The van der Waals surface area contributed by atoms with Gasteiger partial charge in [-0.15, -0.1) is 0 Å². The Morgan fingerprint density at radius 2 is 1.79 bits per heavy atom. The van der Waals surface area contributed by atoms with E-state index in [1.165, 1.54) is 6.07 Å². The summed E-state index contributed by atoms with van der Waals surface area (Å²) in [4.78, 5) is 0. The highest BCUT2D eigenvalue weighted by atomic mass is 19.1. The van der Waals surface area contributed by atoms with Crippen LogP contribution in [0.25, 0.3) is 0 Å². The number of hydrogen-bond acceptors (Lipinski definition) is 2. The second-order valence-corrected chi connectivity index (χ2v) is 4.37. The number of aryl methyl sites for hydroxylation is 1. The summed E-state index contributed by atoms with van der Waals surface area (Å²) in [6.07, 6.45) is 1.32. The maximum absolute atomic E-state index is 13.8. The van der Waals surface area contributed by atoms with E-state index in [1.807, 2.05) is 36.4 Å². The van der Waals surface area contributed by atoms with Gasteiger partial charge in [-0.2, -0.15) is 0 Å². The summed E-state index contributed by atoms with van der Waals surface area (Å²) in [6.45, 7) is 0.474. The zero-order valence-electron chi connectivity index (χ0n) is 10.7. The van der Waals surface area contributed by atoms with Crippen molar-refractivity contribution in [1.82, 2.24) is 0 Å². The van der Waals surface area contributed by atoms with Crippen LogP contribution in [-0.2, 0) is 13.0 Å². The molecule has 0 saturated heterocycles. The van der Waals surface area contributed by atoms with Crippen molar-refractivity contribution in [1.29, 1.82) is 0 Å². The average Bonchev–Trinajstić information content (AvgIpc) is 2.45. The first-order valence-electron chi connectivity index (χ1n) is 6.35. The molecule has 19 heavy (non-hydrogen) atoms. The van der Waals surface area contributed by atoms with Gasteiger partial charge in [-0.3, -0.25) is 0 Å². The smallest absolute Gasteiger partial charge is 0.165 e. The van der Waals surface area contributed by atoms with Crippen molar-refractivity contribution < 1.29 is 14.2 Å². The molecule has 2 aromatic carbocycles. The summed E-state index contributed by atoms with van der Waals surface area (Å²) in [7, 11) is 0. The third-order valence-corrected chi connectivity index (χ3v) is 2.86. The van der Waals surface area contributed by atoms with Crippen molar-refractivity contribution in [2.24, 2.45) is 0 Å². The zero-order valence-corrected chi connectivity index (χ0v) is 10.7. The van der Waals surface area contributed by atoms with Crippen LogP contribution in [-0.4, -0.2) is 11.7 Å². The second kappa shape index (κ2) is 6.90. The SMILES string of the molecule is OCCCc1ccc(OCc2ccccc2)c(F)c1. The highest BCUT2D eigenvalue weighted by molar-refractivity contribution is 5.30. The fraction of sp³-hybridized carbons (Fsp3) is 0.250. The largest absolute Gasteiger partial charge is 0.486 e. The van der Waals surface area contributed by atoms with Crippen LogP contribution in [0.3, 0.4) is 0 Å². The van der Waals surface area contributed by atoms with Crippen molar-refractivity contribution in [3.05, 3.63) is 65.5 Å². The third-order valence-electron chi connectivity index (χ3n) is 2.86. The minimum atomic E-state index is -0.355. The van der Waals surface area contributed by atoms with Gasteiger partial charge in [0.05, 0.1) is 0 Å². The Kier molecular flexibility index (Phi) is 4.93. The molecule has 0 heterocycles. The molecule has 2 rings (SSSR count). The summed E-state index contributed by atoms with van der Waals surface area (Å²) < 4.78 is 19.3. The molecule has 0 atom stereocenters. The zero-order chi connectivity index (χ0) is 13.5. The van der Waals surface area contributed by atoms with E-state index < -0.39 is 0 Å². The van der Waals surface area contributed by atoms with Gasteiger partial charge in [0, 0.05) is 6.61 Å². The Morgan fingerprint density at radius 3 is 2.47 bits per heavy atom. The first-order chi connectivity index (χ1) is 9.29. The molecule has 0 aliphatic carbocycles. The second-order valence-electron chi connectivity index (χ2n) is 4.37. The van der Waals surface area contributed by atoms with Gasteiger partial charge in [-0.1, -0.05) is 36.4 Å². The van der Waals surface area contributed by atoms with Crippen LogP contribution in [0.2, 0.25) is 0 Å². The first kappa shape index (κ1) is 13.6. The number of ether oxygens (including phenoxy) is 1. The summed E-state index contributed by atoms with van der Waals surface area (Å²) in [5.41, 5.74) is 1.88. The van der Waals surface area contributed by atoms with Gasteiger partial charge in [-0.05, 0) is 36.1 Å². The lowest BCUT2D eigenvalue weighted by molar-refractivity contribution is 0.286. The Balaban J connectivity index is 1.97. The Hall–Kier alpha value is -1.87. The number of benzene rings is 2. The molecule has 0 amide bonds. The van der Waals surface area contributed by atoms with Gasteiger partial charge in [0.25, 0.3) is 0 Å². The van der Waals surface area contributed by atoms with E-state index in [9.17, 15) is 4.39 Å². The summed E-state index contributed by atoms with van der Waals surface area (Å²) in [5, 5.41) is 8.74. The Bertz CT molecular complexity index is 511. The molecular formula is C16H17FO2. The summed E-state index contributed by atoms with van der Waals surface area (Å²) in [6, 6.07) is 14.6. The normalized spacial score (nSPS) is 10.4. The molecule has 0 saturated carbocycles. The van der Waals surface area contributed by atoms with E-state index in [2.05, 4.69) is 0 Å². The van der Waals surface area contributed by atoms with Crippen LogP contribution in [0.5, 0.6) is 5.75 Å². The highest BCUT2D eigenvalue weighted by Crippen LogP contribution is 2.20. The van der Waals surface area contributed by atoms with Crippen LogP contribution in [0, 0.1) is 5.82 Å². The van der Waals surface area contributed by atoms with Crippen molar-refractivity contribution in [3.63, 3.8) is 0 Å². The Morgan fingerprint density at radius 1 is 1.00 bits per heavy atom. The molecule has 1 N–H and O–H groups in total. The average molecular weight is 260 g/mol. The molecule has 0 aliphatic heterocycles. The van der Waals surface area contributed by atoms with Gasteiger partial charge in [0.15, 0.2) is 11.6 Å². The van der Waals surface area contributed by atoms with Crippen LogP contribution in [0.4, 0.5) is 4.39 Å². The Labute approximate surface area is 112 Å².